The van der Waals surface area contributed by atoms with E-state index >= 15 is 0 Å². The first-order valence-electron chi connectivity index (χ1n) is 6.69. The highest BCUT2D eigenvalue weighted by molar-refractivity contribution is 4.43. The Morgan fingerprint density at radius 3 is 2.25 bits per heavy atom. The molecule has 0 fully saturated rings. The number of unbranched alkanes of at least 4 members (excludes halogenated alkanes) is 6. The maximum atomic E-state index is 11.1. The monoisotopic (exact) mass is 229 g/mol. The Hall–Kier alpha value is -0.800. The van der Waals surface area contributed by atoms with Gasteiger partial charge in [-0.15, -0.1) is 0 Å². The van der Waals surface area contributed by atoms with Gasteiger partial charge >= 0.3 is 0 Å². The molecule has 4 nitrogen and oxygen atoms in total. The first kappa shape index (κ1) is 15.2. The highest BCUT2D eigenvalue weighted by Gasteiger charge is 1.94. The van der Waals surface area contributed by atoms with E-state index in [1.807, 2.05) is 0 Å². The van der Waals surface area contributed by atoms with Crippen LogP contribution in [0.3, 0.4) is 0 Å². The lowest BCUT2D eigenvalue weighted by Gasteiger charge is -2.02. The second kappa shape index (κ2) is 12.3. The number of hydrogen-bond acceptors (Lipinski definition) is 2. The van der Waals surface area contributed by atoms with Gasteiger partial charge in [0.2, 0.25) is 0 Å². The van der Waals surface area contributed by atoms with E-state index in [1.165, 1.54) is 32.1 Å². The average molecular weight is 229 g/mol. The maximum Gasteiger partial charge on any atom is 0.106 e. The fourth-order valence-corrected chi connectivity index (χ4v) is 1.48. The lowest BCUT2D eigenvalue weighted by Crippen LogP contribution is -2.23. The summed E-state index contributed by atoms with van der Waals surface area (Å²) in [6.45, 7) is 5.73. The number of nitrogens with zero attached hydrogens (tertiary/aromatic N) is 2. The smallest absolute Gasteiger partial charge is 0.106 e. The predicted octanol–water partition coefficient (Wildman–Crippen LogP) is 3.61. The lowest BCUT2D eigenvalue weighted by atomic mass is 10.2. The molecule has 0 radical (unpaired) electrons. The Morgan fingerprint density at radius 2 is 1.56 bits per heavy atom. The number of hydrazine groups is 1. The molecule has 96 valence electrons. The summed E-state index contributed by atoms with van der Waals surface area (Å²) in [5, 5.41) is 15.0. The van der Waals surface area contributed by atoms with Gasteiger partial charge < -0.3 is 5.21 Å². The molecule has 0 aliphatic rings. The minimum Gasteiger partial charge on any atom is -0.572 e. The topological polar surface area (TPSA) is 50.5 Å². The molecule has 0 aliphatic carbocycles. The van der Waals surface area contributed by atoms with Crippen LogP contribution < -0.4 is 5.43 Å². The molecular weight excluding hydrogens is 202 g/mol. The molecule has 0 spiro atoms. The summed E-state index contributed by atoms with van der Waals surface area (Å²) in [6.07, 6.45) is 9.39. The number of hydrogen-bond donors (Lipinski definition) is 1. The summed E-state index contributed by atoms with van der Waals surface area (Å²) < 4.78 is 0. The SMILES string of the molecule is CCCCCCC/N=[N+](\[O-])NCCCCC. The summed E-state index contributed by atoms with van der Waals surface area (Å²) in [5.74, 6) is 0. The van der Waals surface area contributed by atoms with Gasteiger partial charge in [-0.3, -0.25) is 0 Å². The van der Waals surface area contributed by atoms with Crippen LogP contribution in [0.15, 0.2) is 5.11 Å². The Bertz CT molecular complexity index is 172. The van der Waals surface area contributed by atoms with Crippen LogP contribution >= 0.6 is 0 Å². The van der Waals surface area contributed by atoms with E-state index in [9.17, 15) is 5.21 Å². The normalized spacial score (nSPS) is 11.8. The van der Waals surface area contributed by atoms with Gasteiger partial charge in [0.15, 0.2) is 0 Å². The molecule has 0 heterocycles. The predicted molar refractivity (Wildman–Crippen MR) is 67.2 cm³/mol. The van der Waals surface area contributed by atoms with Crippen LogP contribution in [0.5, 0.6) is 0 Å². The molecule has 0 rings (SSSR count). The van der Waals surface area contributed by atoms with Gasteiger partial charge in [0.25, 0.3) is 0 Å². The van der Waals surface area contributed by atoms with Gasteiger partial charge in [-0.2, -0.15) is 5.43 Å². The summed E-state index contributed by atoms with van der Waals surface area (Å²) in [5.41, 5.74) is 2.73. The van der Waals surface area contributed by atoms with Crippen molar-refractivity contribution < 1.29 is 4.97 Å². The highest BCUT2D eigenvalue weighted by atomic mass is 16.5. The van der Waals surface area contributed by atoms with E-state index < -0.39 is 0 Å². The molecule has 0 aromatic carbocycles. The molecule has 0 saturated carbocycles. The van der Waals surface area contributed by atoms with Crippen molar-refractivity contribution in [2.24, 2.45) is 5.11 Å². The number of nitrogens with one attached hydrogen (secondary N) is 1. The Labute approximate surface area is 99.7 Å². The first-order chi connectivity index (χ1) is 7.81. The molecule has 0 unspecified atom stereocenters. The number of rotatable bonds is 11. The fraction of sp³-hybridized carbons (Fsp3) is 1.00. The van der Waals surface area contributed by atoms with Crippen LogP contribution in [0.25, 0.3) is 0 Å². The van der Waals surface area contributed by atoms with Gasteiger partial charge in [-0.05, 0) is 18.0 Å². The summed E-state index contributed by atoms with van der Waals surface area (Å²) >= 11 is 0. The quantitative estimate of drug-likeness (QED) is 0.255. The van der Waals surface area contributed by atoms with Crippen LogP contribution in [0.4, 0.5) is 0 Å². The minimum atomic E-state index is 0.634. The van der Waals surface area contributed by atoms with Crippen molar-refractivity contribution in [2.45, 2.75) is 65.2 Å². The zero-order valence-corrected chi connectivity index (χ0v) is 10.9. The summed E-state index contributed by atoms with van der Waals surface area (Å²) in [6, 6.07) is 0. The van der Waals surface area contributed by atoms with Gasteiger partial charge in [0.1, 0.15) is 6.54 Å². The van der Waals surface area contributed by atoms with Gasteiger partial charge in [0, 0.05) is 4.97 Å². The fourth-order valence-electron chi connectivity index (χ4n) is 1.48. The van der Waals surface area contributed by atoms with Crippen molar-refractivity contribution in [3.8, 4) is 0 Å². The molecule has 0 bridgehead atoms. The molecule has 16 heavy (non-hydrogen) atoms. The van der Waals surface area contributed by atoms with Crippen molar-refractivity contribution in [3.05, 3.63) is 5.21 Å². The molecular formula is C12H27N3O. The Morgan fingerprint density at radius 1 is 0.938 bits per heavy atom. The second-order valence-corrected chi connectivity index (χ2v) is 4.17. The van der Waals surface area contributed by atoms with Crippen molar-refractivity contribution in [2.75, 3.05) is 13.1 Å². The van der Waals surface area contributed by atoms with E-state index in [-0.39, 0.29) is 0 Å². The van der Waals surface area contributed by atoms with Crippen LogP contribution in [-0.4, -0.2) is 18.1 Å². The molecule has 0 amide bonds. The van der Waals surface area contributed by atoms with Crippen molar-refractivity contribution >= 4 is 0 Å². The highest BCUT2D eigenvalue weighted by Crippen LogP contribution is 2.02. The van der Waals surface area contributed by atoms with Crippen molar-refractivity contribution in [1.82, 2.24) is 5.43 Å². The zero-order chi connectivity index (χ0) is 12.1. The first-order valence-corrected chi connectivity index (χ1v) is 6.69. The maximum absolute atomic E-state index is 11.1. The van der Waals surface area contributed by atoms with Crippen LogP contribution in [0.2, 0.25) is 0 Å². The standard InChI is InChI=1S/C12H27N3O/c1-3-5-7-8-10-12-14-15(16)13-11-9-6-4-2/h3-12H2,1-2H3,(H,13,14). The molecule has 0 aliphatic heterocycles. The van der Waals surface area contributed by atoms with E-state index in [2.05, 4.69) is 24.4 Å². The molecule has 1 N–H and O–H groups in total. The van der Waals surface area contributed by atoms with E-state index in [0.29, 0.717) is 11.5 Å². The third kappa shape index (κ3) is 11.3. The second-order valence-electron chi connectivity index (χ2n) is 4.17. The molecule has 0 aromatic heterocycles. The minimum absolute atomic E-state index is 0.634. The van der Waals surface area contributed by atoms with E-state index in [4.69, 9.17) is 0 Å². The Kier molecular flexibility index (Phi) is 11.7. The molecule has 0 atom stereocenters. The lowest BCUT2D eigenvalue weighted by molar-refractivity contribution is -0.590. The third-order valence-corrected chi connectivity index (χ3v) is 2.52. The third-order valence-electron chi connectivity index (χ3n) is 2.52. The Balaban J connectivity index is 3.26. The van der Waals surface area contributed by atoms with Gasteiger partial charge in [-0.25, -0.2) is 0 Å². The van der Waals surface area contributed by atoms with Crippen molar-refractivity contribution in [3.63, 3.8) is 0 Å². The summed E-state index contributed by atoms with van der Waals surface area (Å²) in [4.78, 5) is 0.634. The van der Waals surface area contributed by atoms with Gasteiger partial charge in [-0.1, -0.05) is 52.4 Å². The van der Waals surface area contributed by atoms with Gasteiger partial charge in [0.05, 0.1) is 6.54 Å². The molecule has 4 heteroatoms. The largest absolute Gasteiger partial charge is 0.572 e. The van der Waals surface area contributed by atoms with E-state index in [0.717, 1.165) is 25.8 Å². The van der Waals surface area contributed by atoms with Crippen LogP contribution in [0, 0.1) is 5.21 Å². The van der Waals surface area contributed by atoms with Crippen molar-refractivity contribution in [1.29, 1.82) is 0 Å². The van der Waals surface area contributed by atoms with Crippen LogP contribution in [0.1, 0.15) is 65.2 Å². The zero-order valence-electron chi connectivity index (χ0n) is 10.9. The average Bonchev–Trinajstić information content (AvgIpc) is 2.29. The molecule has 0 saturated heterocycles. The van der Waals surface area contributed by atoms with Crippen LogP contribution in [-0.2, 0) is 0 Å². The molecule has 0 aromatic rings. The van der Waals surface area contributed by atoms with E-state index in [1.54, 1.807) is 0 Å². The summed E-state index contributed by atoms with van der Waals surface area (Å²) in [7, 11) is 0.